The number of fused-ring (bicyclic) bond motifs is 1. The average Bonchev–Trinajstić information content (AvgIpc) is 3.19. The third kappa shape index (κ3) is 5.97. The van der Waals surface area contributed by atoms with E-state index in [2.05, 4.69) is 78.3 Å². The third-order valence-electron chi connectivity index (χ3n) is 6.88. The first-order valence-corrected chi connectivity index (χ1v) is 13.1. The third-order valence-corrected chi connectivity index (χ3v) is 6.88. The largest absolute Gasteiger partial charge is 0.393 e. The normalized spacial score (nSPS) is 19.6. The topological polar surface area (TPSA) is 75.0 Å². The van der Waals surface area contributed by atoms with Crippen LogP contribution in [0.4, 0.5) is 5.95 Å². The Balaban J connectivity index is 1.65. The molecule has 6 nitrogen and oxygen atoms in total. The van der Waals surface area contributed by atoms with Gasteiger partial charge in [-0.2, -0.15) is 4.98 Å². The highest BCUT2D eigenvalue weighted by Gasteiger charge is 2.24. The van der Waals surface area contributed by atoms with E-state index in [4.69, 9.17) is 4.98 Å². The van der Waals surface area contributed by atoms with Crippen molar-refractivity contribution in [1.29, 1.82) is 0 Å². The van der Waals surface area contributed by atoms with Crippen LogP contribution in [0.3, 0.4) is 0 Å². The minimum Gasteiger partial charge on any atom is -0.393 e. The van der Waals surface area contributed by atoms with Gasteiger partial charge < -0.3 is 20.3 Å². The van der Waals surface area contributed by atoms with Gasteiger partial charge in [0, 0.05) is 42.0 Å². The molecule has 0 radical (unpaired) electrons. The van der Waals surface area contributed by atoms with E-state index >= 15 is 0 Å². The molecule has 1 aliphatic carbocycles. The summed E-state index contributed by atoms with van der Waals surface area (Å²) in [7, 11) is 0. The minimum absolute atomic E-state index is 0.170. The summed E-state index contributed by atoms with van der Waals surface area (Å²) in [5.74, 6) is 1.34. The second-order valence-corrected chi connectivity index (χ2v) is 10.4. The number of nitrogens with zero attached hydrogens (tertiary/aromatic N) is 3. The molecule has 1 aromatic carbocycles. The van der Waals surface area contributed by atoms with Crippen LogP contribution in [0.25, 0.3) is 22.2 Å². The van der Waals surface area contributed by atoms with E-state index in [1.54, 1.807) is 0 Å². The second-order valence-electron chi connectivity index (χ2n) is 10.4. The monoisotopic (exact) mass is 463 g/mol. The maximum Gasteiger partial charge on any atom is 0.224 e. The van der Waals surface area contributed by atoms with Crippen molar-refractivity contribution in [2.45, 2.75) is 91.0 Å². The summed E-state index contributed by atoms with van der Waals surface area (Å²) in [5.41, 5.74) is 4.65. The van der Waals surface area contributed by atoms with Gasteiger partial charge in [0.2, 0.25) is 5.95 Å². The van der Waals surface area contributed by atoms with E-state index in [1.807, 2.05) is 6.20 Å². The smallest absolute Gasteiger partial charge is 0.224 e. The quantitative estimate of drug-likeness (QED) is 0.348. The molecule has 0 spiro atoms. The van der Waals surface area contributed by atoms with Gasteiger partial charge in [0.25, 0.3) is 0 Å². The lowest BCUT2D eigenvalue weighted by molar-refractivity contribution is 0.111. The van der Waals surface area contributed by atoms with E-state index < -0.39 is 0 Å². The molecular formula is C28H41N5O. The summed E-state index contributed by atoms with van der Waals surface area (Å²) in [5, 5.41) is 18.1. The molecule has 3 aromatic rings. The molecular weight excluding hydrogens is 422 g/mol. The zero-order chi connectivity index (χ0) is 24.1. The fourth-order valence-corrected chi connectivity index (χ4v) is 4.98. The van der Waals surface area contributed by atoms with E-state index in [1.165, 1.54) is 16.7 Å². The molecule has 0 bridgehead atoms. The van der Waals surface area contributed by atoms with Crippen LogP contribution in [0.15, 0.2) is 36.7 Å². The highest BCUT2D eigenvalue weighted by molar-refractivity contribution is 5.94. The van der Waals surface area contributed by atoms with Crippen molar-refractivity contribution < 1.29 is 5.11 Å². The predicted octanol–water partition coefficient (Wildman–Crippen LogP) is 5.92. The standard InChI is InChI=1S/C28H41N5O/c1-5-6-20(4)31-28-30-17-25-26(22-9-7-21(8-10-22)16-29-15-19(2)3)18-33(27(25)32-28)23-11-13-24(34)14-12-23/h7-10,17-20,23-24,29,34H,5-6,11-16H2,1-4H3,(H,30,31,32)/t20?,23-,24-. The molecule has 34 heavy (non-hydrogen) atoms. The number of nitrogens with one attached hydrogen (secondary N) is 2. The number of aliphatic hydroxyl groups is 1. The summed E-state index contributed by atoms with van der Waals surface area (Å²) in [6.45, 7) is 10.7. The van der Waals surface area contributed by atoms with Gasteiger partial charge >= 0.3 is 0 Å². The lowest BCUT2D eigenvalue weighted by atomic mass is 9.93. The van der Waals surface area contributed by atoms with Crippen LogP contribution in [0.5, 0.6) is 0 Å². The molecule has 2 heterocycles. The van der Waals surface area contributed by atoms with E-state index in [-0.39, 0.29) is 6.10 Å². The van der Waals surface area contributed by atoms with E-state index in [0.29, 0.717) is 23.9 Å². The first kappa shape index (κ1) is 24.7. The number of aromatic nitrogens is 3. The molecule has 1 aliphatic rings. The molecule has 3 N–H and O–H groups in total. The van der Waals surface area contributed by atoms with Crippen molar-refractivity contribution in [3.8, 4) is 11.1 Å². The number of benzene rings is 1. The van der Waals surface area contributed by atoms with Gasteiger partial charge in [-0.25, -0.2) is 4.98 Å². The molecule has 4 rings (SSSR count). The summed E-state index contributed by atoms with van der Waals surface area (Å²) in [6, 6.07) is 9.55. The zero-order valence-electron chi connectivity index (χ0n) is 21.2. The summed E-state index contributed by atoms with van der Waals surface area (Å²) >= 11 is 0. The first-order valence-electron chi connectivity index (χ1n) is 13.1. The highest BCUT2D eigenvalue weighted by Crippen LogP contribution is 2.36. The Hall–Kier alpha value is -2.44. The number of hydrogen-bond acceptors (Lipinski definition) is 5. The molecule has 6 heteroatoms. The van der Waals surface area contributed by atoms with Crippen LogP contribution in [0.1, 0.15) is 77.8 Å². The number of rotatable bonds is 10. The first-order chi connectivity index (χ1) is 16.4. The molecule has 1 fully saturated rings. The molecule has 2 aromatic heterocycles. The van der Waals surface area contributed by atoms with Crippen LogP contribution < -0.4 is 10.6 Å². The van der Waals surface area contributed by atoms with Crippen LogP contribution in [-0.2, 0) is 6.54 Å². The van der Waals surface area contributed by atoms with Gasteiger partial charge in [-0.05, 0) is 62.6 Å². The van der Waals surface area contributed by atoms with E-state index in [9.17, 15) is 5.11 Å². The molecule has 1 saturated carbocycles. The fourth-order valence-electron chi connectivity index (χ4n) is 4.98. The Bertz CT molecular complexity index is 1050. The van der Waals surface area contributed by atoms with Gasteiger partial charge in [-0.15, -0.1) is 0 Å². The number of aliphatic hydroxyl groups excluding tert-OH is 1. The van der Waals surface area contributed by atoms with Crippen molar-refractivity contribution in [1.82, 2.24) is 19.9 Å². The molecule has 0 saturated heterocycles. The van der Waals surface area contributed by atoms with Crippen molar-refractivity contribution in [2.24, 2.45) is 5.92 Å². The summed E-state index contributed by atoms with van der Waals surface area (Å²) in [6.07, 6.45) is 9.93. The molecule has 184 valence electrons. The average molecular weight is 464 g/mol. The summed E-state index contributed by atoms with van der Waals surface area (Å²) in [4.78, 5) is 9.66. The van der Waals surface area contributed by atoms with Crippen molar-refractivity contribution in [2.75, 3.05) is 11.9 Å². The molecule has 1 unspecified atom stereocenters. The minimum atomic E-state index is -0.170. The maximum absolute atomic E-state index is 10.0. The Morgan fingerprint density at radius 3 is 2.50 bits per heavy atom. The van der Waals surface area contributed by atoms with Crippen molar-refractivity contribution >= 4 is 17.0 Å². The fraction of sp³-hybridized carbons (Fsp3) is 0.571. The number of hydrogen-bond donors (Lipinski definition) is 3. The van der Waals surface area contributed by atoms with Gasteiger partial charge in [-0.1, -0.05) is 51.5 Å². The Labute approximate surface area is 204 Å². The Morgan fingerprint density at radius 2 is 1.82 bits per heavy atom. The van der Waals surface area contributed by atoms with Crippen LogP contribution >= 0.6 is 0 Å². The lowest BCUT2D eigenvalue weighted by Crippen LogP contribution is -2.21. The predicted molar refractivity (Wildman–Crippen MR) is 141 cm³/mol. The van der Waals surface area contributed by atoms with E-state index in [0.717, 1.165) is 62.6 Å². The van der Waals surface area contributed by atoms with Gasteiger partial charge in [0.05, 0.1) is 6.10 Å². The van der Waals surface area contributed by atoms with Gasteiger partial charge in [0.1, 0.15) is 5.65 Å². The maximum atomic E-state index is 10.0. The van der Waals surface area contributed by atoms with Crippen molar-refractivity contribution in [3.05, 3.63) is 42.2 Å². The number of anilines is 1. The van der Waals surface area contributed by atoms with Crippen LogP contribution in [0.2, 0.25) is 0 Å². The summed E-state index contributed by atoms with van der Waals surface area (Å²) < 4.78 is 2.34. The Morgan fingerprint density at radius 1 is 1.09 bits per heavy atom. The molecule has 1 atom stereocenters. The lowest BCUT2D eigenvalue weighted by Gasteiger charge is -2.27. The second kappa shape index (κ2) is 11.3. The molecule has 0 aliphatic heterocycles. The SMILES string of the molecule is CCCC(C)Nc1ncc2c(-c3ccc(CNCC(C)C)cc3)cn([C@H]3CC[C@H](O)CC3)c2n1. The van der Waals surface area contributed by atoms with Crippen LogP contribution in [-0.4, -0.2) is 38.3 Å². The zero-order valence-corrected chi connectivity index (χ0v) is 21.2. The molecule has 0 amide bonds. The van der Waals surface area contributed by atoms with Gasteiger partial charge in [0.15, 0.2) is 0 Å². The highest BCUT2D eigenvalue weighted by atomic mass is 16.3. The van der Waals surface area contributed by atoms with Crippen molar-refractivity contribution in [3.63, 3.8) is 0 Å². The van der Waals surface area contributed by atoms with Gasteiger partial charge in [-0.3, -0.25) is 0 Å². The Kier molecular flexibility index (Phi) is 8.22. The van der Waals surface area contributed by atoms with Crippen LogP contribution in [0, 0.1) is 5.92 Å².